The van der Waals surface area contributed by atoms with Crippen LogP contribution in [0, 0.1) is 5.92 Å². The summed E-state index contributed by atoms with van der Waals surface area (Å²) in [6.07, 6.45) is 2.78. The first-order valence-electron chi connectivity index (χ1n) is 5.70. The molecule has 0 aliphatic heterocycles. The molecule has 0 fully saturated rings. The van der Waals surface area contributed by atoms with E-state index in [9.17, 15) is 4.79 Å². The van der Waals surface area contributed by atoms with Gasteiger partial charge in [-0.05, 0) is 36.1 Å². The van der Waals surface area contributed by atoms with Crippen LogP contribution in [0.4, 0.5) is 0 Å². The molecule has 1 aromatic heterocycles. The number of fused-ring (bicyclic) bond motifs is 1. The first-order chi connectivity index (χ1) is 8.15. The number of aromatic nitrogens is 1. The van der Waals surface area contributed by atoms with Gasteiger partial charge in [-0.1, -0.05) is 19.1 Å². The second kappa shape index (κ2) is 4.95. The fourth-order valence-corrected chi connectivity index (χ4v) is 2.02. The van der Waals surface area contributed by atoms with Crippen LogP contribution in [0.1, 0.15) is 18.9 Å². The van der Waals surface area contributed by atoms with Crippen molar-refractivity contribution in [2.45, 2.75) is 19.8 Å². The van der Waals surface area contributed by atoms with Gasteiger partial charge in [-0.25, -0.2) is 0 Å². The number of carboxylic acid groups (broad SMARTS) is 1. The summed E-state index contributed by atoms with van der Waals surface area (Å²) in [5.74, 6) is -0.582. The Morgan fingerprint density at radius 1 is 1.41 bits per heavy atom. The molecular formula is C14H15NO2. The third-order valence-electron chi connectivity index (χ3n) is 2.77. The van der Waals surface area contributed by atoms with E-state index in [1.807, 2.05) is 31.2 Å². The highest BCUT2D eigenvalue weighted by molar-refractivity contribution is 5.78. The minimum absolute atomic E-state index is 0.154. The maximum atomic E-state index is 10.6. The number of hydrogen-bond acceptors (Lipinski definition) is 2. The summed E-state index contributed by atoms with van der Waals surface area (Å²) in [4.78, 5) is 14.9. The molecule has 0 radical (unpaired) electrons. The van der Waals surface area contributed by atoms with Gasteiger partial charge in [0.25, 0.3) is 0 Å². The standard InChI is InChI=1S/C14H15NO2/c1-10(8-14(16)17)7-11-4-5-13-12(9-11)3-2-6-15-13/h2-6,9-10H,7-8H2,1H3,(H,16,17). The molecule has 88 valence electrons. The summed E-state index contributed by atoms with van der Waals surface area (Å²) in [5, 5.41) is 9.83. The van der Waals surface area contributed by atoms with Crippen LogP contribution in [0.5, 0.6) is 0 Å². The van der Waals surface area contributed by atoms with E-state index in [0.717, 1.165) is 17.3 Å². The van der Waals surface area contributed by atoms with E-state index in [2.05, 4.69) is 11.1 Å². The van der Waals surface area contributed by atoms with Gasteiger partial charge >= 0.3 is 5.97 Å². The number of carboxylic acids is 1. The quantitative estimate of drug-likeness (QED) is 0.877. The molecule has 1 aromatic carbocycles. The van der Waals surface area contributed by atoms with Gasteiger partial charge in [0.2, 0.25) is 0 Å². The summed E-state index contributed by atoms with van der Waals surface area (Å²) < 4.78 is 0. The van der Waals surface area contributed by atoms with Crippen LogP contribution in [0.25, 0.3) is 10.9 Å². The Kier molecular flexibility index (Phi) is 3.38. The predicted molar refractivity (Wildman–Crippen MR) is 66.9 cm³/mol. The smallest absolute Gasteiger partial charge is 0.303 e. The van der Waals surface area contributed by atoms with E-state index in [-0.39, 0.29) is 12.3 Å². The van der Waals surface area contributed by atoms with E-state index >= 15 is 0 Å². The van der Waals surface area contributed by atoms with Crippen molar-refractivity contribution in [2.75, 3.05) is 0 Å². The molecule has 0 saturated carbocycles. The van der Waals surface area contributed by atoms with Crippen molar-refractivity contribution in [1.29, 1.82) is 0 Å². The van der Waals surface area contributed by atoms with Crippen molar-refractivity contribution < 1.29 is 9.90 Å². The molecule has 1 unspecified atom stereocenters. The average Bonchev–Trinajstić information content (AvgIpc) is 2.27. The molecule has 0 spiro atoms. The molecule has 0 saturated heterocycles. The zero-order valence-corrected chi connectivity index (χ0v) is 9.76. The molecule has 0 aliphatic rings. The molecule has 0 aliphatic carbocycles. The summed E-state index contributed by atoms with van der Waals surface area (Å²) in [7, 11) is 0. The number of benzene rings is 1. The molecule has 2 aromatic rings. The highest BCUT2D eigenvalue weighted by Crippen LogP contribution is 2.17. The Morgan fingerprint density at radius 2 is 2.24 bits per heavy atom. The van der Waals surface area contributed by atoms with E-state index in [1.54, 1.807) is 6.20 Å². The number of carbonyl (C=O) groups is 1. The third-order valence-corrected chi connectivity index (χ3v) is 2.77. The van der Waals surface area contributed by atoms with Crippen molar-refractivity contribution in [3.8, 4) is 0 Å². The maximum Gasteiger partial charge on any atom is 0.303 e. The van der Waals surface area contributed by atoms with Crippen LogP contribution in [0.15, 0.2) is 36.5 Å². The van der Waals surface area contributed by atoms with Gasteiger partial charge < -0.3 is 5.11 Å². The van der Waals surface area contributed by atoms with Crippen LogP contribution in [0.2, 0.25) is 0 Å². The Bertz CT molecular complexity index is 536. The molecule has 0 bridgehead atoms. The lowest BCUT2D eigenvalue weighted by Crippen LogP contribution is -2.06. The lowest BCUT2D eigenvalue weighted by Gasteiger charge is -2.09. The average molecular weight is 229 g/mol. The third kappa shape index (κ3) is 3.03. The summed E-state index contributed by atoms with van der Waals surface area (Å²) in [5.41, 5.74) is 2.14. The van der Waals surface area contributed by atoms with Gasteiger partial charge in [0, 0.05) is 18.0 Å². The van der Waals surface area contributed by atoms with E-state index in [0.29, 0.717) is 0 Å². The molecule has 1 atom stereocenters. The van der Waals surface area contributed by atoms with Crippen molar-refractivity contribution in [3.63, 3.8) is 0 Å². The zero-order chi connectivity index (χ0) is 12.3. The minimum Gasteiger partial charge on any atom is -0.481 e. The Hall–Kier alpha value is -1.90. The summed E-state index contributed by atoms with van der Waals surface area (Å²) >= 11 is 0. The van der Waals surface area contributed by atoms with Gasteiger partial charge in [0.05, 0.1) is 5.52 Å². The Balaban J connectivity index is 2.16. The fraction of sp³-hybridized carbons (Fsp3) is 0.286. The van der Waals surface area contributed by atoms with Crippen LogP contribution < -0.4 is 0 Å². The van der Waals surface area contributed by atoms with Crippen molar-refractivity contribution in [2.24, 2.45) is 5.92 Å². The monoisotopic (exact) mass is 229 g/mol. The highest BCUT2D eigenvalue weighted by Gasteiger charge is 2.08. The van der Waals surface area contributed by atoms with Gasteiger partial charge in [-0.3, -0.25) is 9.78 Å². The van der Waals surface area contributed by atoms with Gasteiger partial charge in [0.15, 0.2) is 0 Å². The minimum atomic E-state index is -0.736. The molecule has 2 rings (SSSR count). The summed E-state index contributed by atoms with van der Waals surface area (Å²) in [6.45, 7) is 1.96. The lowest BCUT2D eigenvalue weighted by atomic mass is 9.97. The van der Waals surface area contributed by atoms with E-state index < -0.39 is 5.97 Å². The predicted octanol–water partition coefficient (Wildman–Crippen LogP) is 2.89. The summed E-state index contributed by atoms with van der Waals surface area (Å²) in [6, 6.07) is 10.0. The first-order valence-corrected chi connectivity index (χ1v) is 5.70. The van der Waals surface area contributed by atoms with Gasteiger partial charge in [-0.2, -0.15) is 0 Å². The number of rotatable bonds is 4. The number of hydrogen-bond donors (Lipinski definition) is 1. The number of nitrogens with zero attached hydrogens (tertiary/aromatic N) is 1. The zero-order valence-electron chi connectivity index (χ0n) is 9.76. The van der Waals surface area contributed by atoms with E-state index in [4.69, 9.17) is 5.11 Å². The van der Waals surface area contributed by atoms with Crippen LogP contribution >= 0.6 is 0 Å². The molecular weight excluding hydrogens is 214 g/mol. The molecule has 0 amide bonds. The van der Waals surface area contributed by atoms with Gasteiger partial charge in [-0.15, -0.1) is 0 Å². The SMILES string of the molecule is CC(CC(=O)O)Cc1ccc2ncccc2c1. The van der Waals surface area contributed by atoms with Gasteiger partial charge in [0.1, 0.15) is 0 Å². The Morgan fingerprint density at radius 3 is 3.00 bits per heavy atom. The first kappa shape index (κ1) is 11.6. The molecule has 3 heteroatoms. The second-order valence-corrected chi connectivity index (χ2v) is 4.44. The second-order valence-electron chi connectivity index (χ2n) is 4.44. The molecule has 1 heterocycles. The van der Waals surface area contributed by atoms with Crippen molar-refractivity contribution in [3.05, 3.63) is 42.1 Å². The maximum absolute atomic E-state index is 10.6. The van der Waals surface area contributed by atoms with Crippen LogP contribution in [0.3, 0.4) is 0 Å². The van der Waals surface area contributed by atoms with E-state index in [1.165, 1.54) is 5.56 Å². The Labute approximate surface area is 100 Å². The van der Waals surface area contributed by atoms with Crippen molar-refractivity contribution in [1.82, 2.24) is 4.98 Å². The van der Waals surface area contributed by atoms with Crippen LogP contribution in [-0.4, -0.2) is 16.1 Å². The van der Waals surface area contributed by atoms with Crippen molar-refractivity contribution >= 4 is 16.9 Å². The molecule has 3 nitrogen and oxygen atoms in total. The molecule has 17 heavy (non-hydrogen) atoms. The lowest BCUT2D eigenvalue weighted by molar-refractivity contribution is -0.137. The number of aliphatic carboxylic acids is 1. The fourth-order valence-electron chi connectivity index (χ4n) is 2.02. The van der Waals surface area contributed by atoms with Crippen LogP contribution in [-0.2, 0) is 11.2 Å². The molecule has 1 N–H and O–H groups in total. The largest absolute Gasteiger partial charge is 0.481 e. The number of pyridine rings is 1. The topological polar surface area (TPSA) is 50.2 Å². The highest BCUT2D eigenvalue weighted by atomic mass is 16.4. The normalized spacial score (nSPS) is 12.5.